The number of nitrogens with one attached hydrogen (secondary N) is 1. The number of benzene rings is 1. The Morgan fingerprint density at radius 3 is 2.70 bits per heavy atom. The van der Waals surface area contributed by atoms with Crippen molar-refractivity contribution in [2.45, 2.75) is 12.3 Å². The van der Waals surface area contributed by atoms with Crippen molar-refractivity contribution in [3.05, 3.63) is 35.8 Å². The number of alkyl halides is 4. The molecule has 1 heterocycles. The number of carbonyl (C=O) groups is 1. The molecule has 0 unspecified atom stereocenters. The topological polar surface area (TPSA) is 42.0 Å². The van der Waals surface area contributed by atoms with Crippen molar-refractivity contribution < 1.29 is 22.4 Å². The first kappa shape index (κ1) is 14.4. The molecule has 20 heavy (non-hydrogen) atoms. The molecule has 1 N–H and O–H groups in total. The highest BCUT2D eigenvalue weighted by Gasteiger charge is 2.48. The number of nitrogens with zero attached hydrogens (tertiary/aromatic N) is 1. The average Bonchev–Trinajstić information content (AvgIpc) is 2.92. The summed E-state index contributed by atoms with van der Waals surface area (Å²) in [6, 6.07) is 5.89. The maximum atomic E-state index is 12.8. The third kappa shape index (κ3) is 2.96. The minimum atomic E-state index is -4.73. The fourth-order valence-corrected chi connectivity index (χ4v) is 2.04. The number of anilines is 1. The van der Waals surface area contributed by atoms with Crippen LogP contribution in [0.5, 0.6) is 0 Å². The highest BCUT2D eigenvalue weighted by atomic mass is 32.1. The molecule has 0 aliphatic heterocycles. The van der Waals surface area contributed by atoms with Gasteiger partial charge in [0, 0.05) is 22.8 Å². The first-order valence-electron chi connectivity index (χ1n) is 5.38. The highest BCUT2D eigenvalue weighted by molar-refractivity contribution is 7.13. The number of carbonyl (C=O) groups excluding carboxylic acids is 1. The SMILES string of the molecule is O=C(Nc1cccc(-c2nccs2)c1)C(F)(F)C(F)F. The zero-order chi connectivity index (χ0) is 14.8. The molecule has 0 radical (unpaired) electrons. The molecule has 0 saturated carbocycles. The van der Waals surface area contributed by atoms with Crippen LogP contribution in [0.4, 0.5) is 23.2 Å². The molecule has 0 atom stereocenters. The highest BCUT2D eigenvalue weighted by Crippen LogP contribution is 2.27. The van der Waals surface area contributed by atoms with E-state index in [1.165, 1.54) is 29.5 Å². The predicted octanol–water partition coefficient (Wildman–Crippen LogP) is 3.65. The average molecular weight is 304 g/mol. The first-order valence-corrected chi connectivity index (χ1v) is 6.26. The van der Waals surface area contributed by atoms with Crippen molar-refractivity contribution in [3.8, 4) is 10.6 Å². The zero-order valence-electron chi connectivity index (χ0n) is 9.82. The molecular weight excluding hydrogens is 296 g/mol. The molecule has 2 rings (SSSR count). The van der Waals surface area contributed by atoms with Crippen LogP contribution in [0, 0.1) is 0 Å². The Morgan fingerprint density at radius 2 is 2.10 bits per heavy atom. The van der Waals surface area contributed by atoms with E-state index in [4.69, 9.17) is 0 Å². The maximum absolute atomic E-state index is 12.8. The lowest BCUT2D eigenvalue weighted by atomic mass is 10.2. The van der Waals surface area contributed by atoms with Crippen LogP contribution >= 0.6 is 11.3 Å². The smallest absolute Gasteiger partial charge is 0.321 e. The number of aromatic nitrogens is 1. The Balaban J connectivity index is 2.19. The molecule has 0 aliphatic rings. The van der Waals surface area contributed by atoms with Gasteiger partial charge in [-0.1, -0.05) is 12.1 Å². The van der Waals surface area contributed by atoms with E-state index in [0.717, 1.165) is 0 Å². The van der Waals surface area contributed by atoms with Gasteiger partial charge in [0.05, 0.1) is 0 Å². The minimum Gasteiger partial charge on any atom is -0.321 e. The normalized spacial score (nSPS) is 11.7. The zero-order valence-corrected chi connectivity index (χ0v) is 10.6. The molecule has 1 aromatic carbocycles. The second kappa shape index (κ2) is 5.58. The van der Waals surface area contributed by atoms with E-state index < -0.39 is 18.3 Å². The van der Waals surface area contributed by atoms with Crippen LogP contribution < -0.4 is 5.32 Å². The molecule has 106 valence electrons. The van der Waals surface area contributed by atoms with E-state index in [9.17, 15) is 22.4 Å². The number of halogens is 4. The summed E-state index contributed by atoms with van der Waals surface area (Å²) >= 11 is 1.32. The van der Waals surface area contributed by atoms with Crippen LogP contribution in [0.2, 0.25) is 0 Å². The van der Waals surface area contributed by atoms with Crippen molar-refractivity contribution in [2.75, 3.05) is 5.32 Å². The summed E-state index contributed by atoms with van der Waals surface area (Å²) in [5, 5.41) is 4.13. The summed E-state index contributed by atoms with van der Waals surface area (Å²) < 4.78 is 49.8. The Labute approximate surface area is 115 Å². The summed E-state index contributed by atoms with van der Waals surface area (Å²) in [5.74, 6) is -6.76. The third-order valence-electron chi connectivity index (χ3n) is 2.38. The van der Waals surface area contributed by atoms with Gasteiger partial charge in [-0.2, -0.15) is 8.78 Å². The second-order valence-corrected chi connectivity index (χ2v) is 4.69. The molecule has 2 aromatic rings. The largest absolute Gasteiger partial charge is 0.383 e. The van der Waals surface area contributed by atoms with Crippen molar-refractivity contribution in [2.24, 2.45) is 0 Å². The van der Waals surface area contributed by atoms with Gasteiger partial charge in [-0.25, -0.2) is 13.8 Å². The van der Waals surface area contributed by atoms with Crippen molar-refractivity contribution in [1.82, 2.24) is 4.98 Å². The summed E-state index contributed by atoms with van der Waals surface area (Å²) in [5.41, 5.74) is 0.598. The van der Waals surface area contributed by atoms with Gasteiger partial charge < -0.3 is 5.32 Å². The van der Waals surface area contributed by atoms with Crippen molar-refractivity contribution in [3.63, 3.8) is 0 Å². The Bertz CT molecular complexity index is 601. The molecule has 3 nitrogen and oxygen atoms in total. The van der Waals surface area contributed by atoms with E-state index in [1.807, 2.05) is 0 Å². The fraction of sp³-hybridized carbons (Fsp3) is 0.167. The van der Waals surface area contributed by atoms with Crippen LogP contribution in [0.3, 0.4) is 0 Å². The third-order valence-corrected chi connectivity index (χ3v) is 3.20. The Hall–Kier alpha value is -1.96. The van der Waals surface area contributed by atoms with E-state index >= 15 is 0 Å². The van der Waals surface area contributed by atoms with Crippen molar-refractivity contribution >= 4 is 22.9 Å². The molecule has 8 heteroatoms. The molecule has 0 bridgehead atoms. The van der Waals surface area contributed by atoms with Gasteiger partial charge in [0.2, 0.25) is 0 Å². The van der Waals surface area contributed by atoms with E-state index in [1.54, 1.807) is 23.0 Å². The number of thiazole rings is 1. The number of hydrogen-bond donors (Lipinski definition) is 1. The monoisotopic (exact) mass is 304 g/mol. The molecular formula is C12H8F4N2OS. The van der Waals surface area contributed by atoms with Gasteiger partial charge in [0.15, 0.2) is 0 Å². The molecule has 0 aliphatic carbocycles. The predicted molar refractivity (Wildman–Crippen MR) is 67.1 cm³/mol. The Morgan fingerprint density at radius 1 is 1.35 bits per heavy atom. The summed E-state index contributed by atoms with van der Waals surface area (Å²) in [6.07, 6.45) is -2.49. The number of amides is 1. The van der Waals surface area contributed by atoms with Crippen LogP contribution in [-0.2, 0) is 4.79 Å². The van der Waals surface area contributed by atoms with Crippen LogP contribution in [0.25, 0.3) is 10.6 Å². The fourth-order valence-electron chi connectivity index (χ4n) is 1.41. The van der Waals surface area contributed by atoms with Crippen LogP contribution in [0.15, 0.2) is 35.8 Å². The molecule has 0 fully saturated rings. The van der Waals surface area contributed by atoms with Gasteiger partial charge in [0.1, 0.15) is 5.01 Å². The number of rotatable bonds is 4. The molecule has 0 spiro atoms. The van der Waals surface area contributed by atoms with Crippen molar-refractivity contribution in [1.29, 1.82) is 0 Å². The second-order valence-electron chi connectivity index (χ2n) is 3.80. The van der Waals surface area contributed by atoms with Gasteiger partial charge >= 0.3 is 18.3 Å². The van der Waals surface area contributed by atoms with Gasteiger partial charge in [-0.15, -0.1) is 11.3 Å². The summed E-state index contributed by atoms with van der Waals surface area (Å²) in [4.78, 5) is 15.1. The number of hydrogen-bond acceptors (Lipinski definition) is 3. The lowest BCUT2D eigenvalue weighted by Crippen LogP contribution is -2.40. The summed E-state index contributed by atoms with van der Waals surface area (Å²) in [7, 11) is 0. The lowest BCUT2D eigenvalue weighted by Gasteiger charge is -2.15. The van der Waals surface area contributed by atoms with Crippen LogP contribution in [-0.4, -0.2) is 23.2 Å². The minimum absolute atomic E-state index is 0.00280. The quantitative estimate of drug-likeness (QED) is 0.876. The summed E-state index contributed by atoms with van der Waals surface area (Å²) in [6.45, 7) is 0. The Kier molecular flexibility index (Phi) is 4.03. The van der Waals surface area contributed by atoms with E-state index in [-0.39, 0.29) is 5.69 Å². The van der Waals surface area contributed by atoms with Gasteiger partial charge in [-0.05, 0) is 12.1 Å². The first-order chi connectivity index (χ1) is 9.41. The van der Waals surface area contributed by atoms with E-state index in [0.29, 0.717) is 10.6 Å². The molecule has 1 aromatic heterocycles. The molecule has 1 amide bonds. The van der Waals surface area contributed by atoms with Gasteiger partial charge in [0.25, 0.3) is 0 Å². The van der Waals surface area contributed by atoms with E-state index in [2.05, 4.69) is 4.98 Å². The van der Waals surface area contributed by atoms with Gasteiger partial charge in [-0.3, -0.25) is 4.79 Å². The van der Waals surface area contributed by atoms with Crippen LogP contribution in [0.1, 0.15) is 0 Å². The lowest BCUT2D eigenvalue weighted by molar-refractivity contribution is -0.163. The standard InChI is InChI=1S/C12H8F4N2OS/c13-10(14)12(15,16)11(19)18-8-3-1-2-7(6-8)9-17-4-5-20-9/h1-6,10H,(H,18,19). The maximum Gasteiger partial charge on any atom is 0.383 e. The molecule has 0 saturated heterocycles.